The van der Waals surface area contributed by atoms with Gasteiger partial charge in [0.05, 0.1) is 5.41 Å². The zero-order valence-corrected chi connectivity index (χ0v) is 14.3. The highest BCUT2D eigenvalue weighted by atomic mass is 16.4. The molecule has 4 aliphatic rings. The Balaban J connectivity index is 1.76. The van der Waals surface area contributed by atoms with Crippen LogP contribution in [0.5, 0.6) is 0 Å². The van der Waals surface area contributed by atoms with E-state index in [-0.39, 0.29) is 16.7 Å². The smallest absolute Gasteiger partial charge is 0.309 e. The molecule has 0 aliphatic heterocycles. The van der Waals surface area contributed by atoms with Crippen LogP contribution in [0.3, 0.4) is 0 Å². The number of carbonyl (C=O) groups excluding carboxylic acids is 1. The zero-order valence-electron chi connectivity index (χ0n) is 14.3. The number of aliphatic carboxylic acids is 1. The maximum absolute atomic E-state index is 12.0. The van der Waals surface area contributed by atoms with Crippen molar-refractivity contribution < 1.29 is 14.7 Å². The number of carboxylic acid groups (broad SMARTS) is 1. The Hall–Kier alpha value is -1.12. The summed E-state index contributed by atoms with van der Waals surface area (Å²) in [6.07, 6.45) is 11.9. The first-order valence-corrected chi connectivity index (χ1v) is 9.27. The third-order valence-electron chi connectivity index (χ3n) is 8.35. The van der Waals surface area contributed by atoms with Crippen LogP contribution in [0, 0.1) is 34.0 Å². The molecule has 0 aromatic rings. The standard InChI is InChI=1S/C20H28O3/c1-18-7-3-8-19(2,17(22)23)15(18)6-9-20-10-13(4-5-16(18)20)14(11-20)12-21/h11-13,15-16H,3-10H2,1-2H3,(H,22,23). The van der Waals surface area contributed by atoms with Gasteiger partial charge in [-0.15, -0.1) is 0 Å². The highest BCUT2D eigenvalue weighted by Crippen LogP contribution is 2.70. The summed E-state index contributed by atoms with van der Waals surface area (Å²) in [5.74, 6) is 0.704. The second-order valence-corrected chi connectivity index (χ2v) is 9.20. The average molecular weight is 316 g/mol. The van der Waals surface area contributed by atoms with Gasteiger partial charge in [-0.05, 0) is 86.0 Å². The van der Waals surface area contributed by atoms with Gasteiger partial charge in [0, 0.05) is 0 Å². The molecule has 0 aromatic heterocycles. The Morgan fingerprint density at radius 2 is 1.96 bits per heavy atom. The van der Waals surface area contributed by atoms with E-state index in [4.69, 9.17) is 0 Å². The molecule has 6 atom stereocenters. The first-order valence-electron chi connectivity index (χ1n) is 9.27. The third-order valence-corrected chi connectivity index (χ3v) is 8.35. The molecule has 3 nitrogen and oxygen atoms in total. The van der Waals surface area contributed by atoms with E-state index in [1.165, 1.54) is 6.42 Å². The van der Waals surface area contributed by atoms with Gasteiger partial charge in [-0.3, -0.25) is 9.59 Å². The first-order chi connectivity index (χ1) is 10.9. The molecule has 0 saturated heterocycles. The highest BCUT2D eigenvalue weighted by molar-refractivity contribution is 5.76. The summed E-state index contributed by atoms with van der Waals surface area (Å²) in [6.45, 7) is 4.36. The van der Waals surface area contributed by atoms with Crippen LogP contribution in [0.1, 0.15) is 65.2 Å². The van der Waals surface area contributed by atoms with Gasteiger partial charge < -0.3 is 5.11 Å². The van der Waals surface area contributed by atoms with Gasteiger partial charge in [-0.2, -0.15) is 0 Å². The highest BCUT2D eigenvalue weighted by Gasteiger charge is 2.64. The van der Waals surface area contributed by atoms with Crippen LogP contribution in [-0.4, -0.2) is 17.4 Å². The number of carboxylic acids is 1. The summed E-state index contributed by atoms with van der Waals surface area (Å²) >= 11 is 0. The summed E-state index contributed by atoms with van der Waals surface area (Å²) in [5.41, 5.74) is 0.762. The van der Waals surface area contributed by atoms with Gasteiger partial charge in [0.2, 0.25) is 0 Å². The topological polar surface area (TPSA) is 54.4 Å². The number of carbonyl (C=O) groups is 2. The van der Waals surface area contributed by atoms with Crippen molar-refractivity contribution in [3.8, 4) is 0 Å². The Morgan fingerprint density at radius 3 is 2.65 bits per heavy atom. The van der Waals surface area contributed by atoms with Gasteiger partial charge in [0.15, 0.2) is 0 Å². The van der Waals surface area contributed by atoms with Crippen LogP contribution in [-0.2, 0) is 9.59 Å². The normalized spacial score (nSPS) is 51.4. The molecule has 4 aliphatic carbocycles. The van der Waals surface area contributed by atoms with Crippen molar-refractivity contribution in [2.75, 3.05) is 0 Å². The average Bonchev–Trinajstić information content (AvgIpc) is 2.77. The summed E-state index contributed by atoms with van der Waals surface area (Å²) < 4.78 is 0. The minimum atomic E-state index is -0.603. The lowest BCUT2D eigenvalue weighted by molar-refractivity contribution is -0.177. The third kappa shape index (κ3) is 1.82. The molecule has 3 heteroatoms. The Labute approximate surface area is 138 Å². The number of aldehydes is 1. The molecule has 3 saturated carbocycles. The number of hydrogen-bond acceptors (Lipinski definition) is 2. The van der Waals surface area contributed by atoms with Gasteiger partial charge in [-0.1, -0.05) is 19.4 Å². The van der Waals surface area contributed by atoms with Gasteiger partial charge in [0.1, 0.15) is 6.29 Å². The fourth-order valence-corrected chi connectivity index (χ4v) is 7.36. The number of hydrogen-bond donors (Lipinski definition) is 1. The number of rotatable bonds is 2. The van der Waals surface area contributed by atoms with Crippen molar-refractivity contribution in [2.45, 2.75) is 65.2 Å². The van der Waals surface area contributed by atoms with Crippen LogP contribution in [0.4, 0.5) is 0 Å². The minimum Gasteiger partial charge on any atom is -0.481 e. The second-order valence-electron chi connectivity index (χ2n) is 9.20. The Morgan fingerprint density at radius 1 is 1.17 bits per heavy atom. The first kappa shape index (κ1) is 15.4. The lowest BCUT2D eigenvalue weighted by Crippen LogP contribution is -2.58. The monoisotopic (exact) mass is 316 g/mol. The lowest BCUT2D eigenvalue weighted by atomic mass is 9.41. The van der Waals surface area contributed by atoms with Crippen LogP contribution in [0.25, 0.3) is 0 Å². The molecule has 1 spiro atoms. The molecule has 1 N–H and O–H groups in total. The maximum atomic E-state index is 12.0. The molecule has 6 unspecified atom stereocenters. The van der Waals surface area contributed by atoms with E-state index in [9.17, 15) is 14.7 Å². The van der Waals surface area contributed by atoms with Crippen LogP contribution < -0.4 is 0 Å². The summed E-state index contributed by atoms with van der Waals surface area (Å²) in [4.78, 5) is 23.5. The fourth-order valence-electron chi connectivity index (χ4n) is 7.36. The molecule has 4 rings (SSSR count). The van der Waals surface area contributed by atoms with Crippen molar-refractivity contribution in [1.29, 1.82) is 0 Å². The van der Waals surface area contributed by atoms with E-state index in [1.54, 1.807) is 0 Å². The SMILES string of the molecule is CC1(C(=O)O)CCCC2(C)C3CCC4CC3(C=C4C=O)CCC12. The van der Waals surface area contributed by atoms with Crippen LogP contribution >= 0.6 is 0 Å². The molecule has 23 heavy (non-hydrogen) atoms. The Kier molecular flexibility index (Phi) is 3.15. The number of fused-ring (bicyclic) bond motifs is 3. The van der Waals surface area contributed by atoms with Gasteiger partial charge in [-0.25, -0.2) is 0 Å². The summed E-state index contributed by atoms with van der Waals surface area (Å²) in [7, 11) is 0. The predicted molar refractivity (Wildman–Crippen MR) is 87.8 cm³/mol. The molecular weight excluding hydrogens is 288 g/mol. The van der Waals surface area contributed by atoms with Crippen LogP contribution in [0.2, 0.25) is 0 Å². The van der Waals surface area contributed by atoms with Crippen molar-refractivity contribution in [3.63, 3.8) is 0 Å². The van der Waals surface area contributed by atoms with Gasteiger partial charge >= 0.3 is 5.97 Å². The Bertz CT molecular complexity index is 594. The largest absolute Gasteiger partial charge is 0.481 e. The molecule has 0 amide bonds. The van der Waals surface area contributed by atoms with E-state index in [0.717, 1.165) is 56.8 Å². The van der Waals surface area contributed by atoms with E-state index in [1.807, 2.05) is 6.92 Å². The van der Waals surface area contributed by atoms with Crippen molar-refractivity contribution in [2.24, 2.45) is 34.0 Å². The van der Waals surface area contributed by atoms with Crippen LogP contribution in [0.15, 0.2) is 11.6 Å². The maximum Gasteiger partial charge on any atom is 0.309 e. The minimum absolute atomic E-state index is 0.115. The second kappa shape index (κ2) is 4.70. The van der Waals surface area contributed by atoms with Crippen molar-refractivity contribution in [1.82, 2.24) is 0 Å². The molecule has 2 bridgehead atoms. The molecule has 3 fully saturated rings. The zero-order chi connectivity index (χ0) is 16.5. The quantitative estimate of drug-likeness (QED) is 0.776. The molecule has 0 aromatic carbocycles. The summed E-state index contributed by atoms with van der Waals surface area (Å²) in [6, 6.07) is 0. The lowest BCUT2D eigenvalue weighted by Gasteiger charge is -2.63. The van der Waals surface area contributed by atoms with E-state index in [2.05, 4.69) is 13.0 Å². The van der Waals surface area contributed by atoms with E-state index in [0.29, 0.717) is 11.8 Å². The predicted octanol–water partition coefficient (Wildman–Crippen LogP) is 4.22. The molecule has 0 radical (unpaired) electrons. The number of allylic oxidation sites excluding steroid dienone is 2. The molecule has 0 heterocycles. The molecule has 126 valence electrons. The molecular formula is C20H28O3. The summed E-state index contributed by atoms with van der Waals surface area (Å²) in [5, 5.41) is 9.90. The fraction of sp³-hybridized carbons (Fsp3) is 0.800. The van der Waals surface area contributed by atoms with E-state index < -0.39 is 11.4 Å². The van der Waals surface area contributed by atoms with Gasteiger partial charge in [0.25, 0.3) is 0 Å². The van der Waals surface area contributed by atoms with E-state index >= 15 is 0 Å². The van der Waals surface area contributed by atoms with Crippen molar-refractivity contribution >= 4 is 12.3 Å². The van der Waals surface area contributed by atoms with Crippen molar-refractivity contribution in [3.05, 3.63) is 11.6 Å².